The molecular weight excluding hydrogens is 344 g/mol. The van der Waals surface area contributed by atoms with Crippen molar-refractivity contribution < 1.29 is 4.42 Å². The Morgan fingerprint density at radius 1 is 0.857 bits per heavy atom. The van der Waals surface area contributed by atoms with Gasteiger partial charge in [-0.05, 0) is 17.7 Å². The first kappa shape index (κ1) is 15.6. The van der Waals surface area contributed by atoms with E-state index in [1.165, 1.54) is 16.5 Å². The number of hydrogen-bond donors (Lipinski definition) is 0. The van der Waals surface area contributed by atoms with E-state index >= 15 is 0 Å². The minimum atomic E-state index is -0.135. The van der Waals surface area contributed by atoms with Crippen LogP contribution in [0.15, 0.2) is 77.3 Å². The van der Waals surface area contributed by atoms with Gasteiger partial charge in [-0.15, -0.1) is 0 Å². The van der Waals surface area contributed by atoms with Gasteiger partial charge in [0.05, 0.1) is 5.52 Å². The summed E-state index contributed by atoms with van der Waals surface area (Å²) >= 11 is 0. The Morgan fingerprint density at radius 3 is 2.61 bits per heavy atom. The molecule has 0 bridgehead atoms. The molecule has 0 atom stereocenters. The van der Waals surface area contributed by atoms with Crippen molar-refractivity contribution in [3.8, 4) is 22.7 Å². The maximum absolute atomic E-state index is 6.37. The molecule has 3 aromatic carbocycles. The molecule has 2 heterocycles. The first-order valence-electron chi connectivity index (χ1n) is 9.52. The standard InChI is InChI=1S/C25H18N2O/c1-25(2)18-11-7-10-17(24-26-14-15-8-3-5-12-19(15)27-24)21(18)23-22(25)16-9-4-6-13-20(16)28-23/h3-14H,1-2H3. The largest absolute Gasteiger partial charge is 0.456 e. The first-order chi connectivity index (χ1) is 13.6. The molecule has 3 heteroatoms. The number of para-hydroxylation sites is 2. The molecular formula is C25H18N2O. The maximum atomic E-state index is 6.37. The van der Waals surface area contributed by atoms with Gasteiger partial charge in [0.25, 0.3) is 0 Å². The summed E-state index contributed by atoms with van der Waals surface area (Å²) in [5.74, 6) is 1.69. The molecule has 0 amide bonds. The molecule has 0 spiro atoms. The van der Waals surface area contributed by atoms with Crippen LogP contribution in [0.4, 0.5) is 0 Å². The first-order valence-corrected chi connectivity index (χ1v) is 9.52. The maximum Gasteiger partial charge on any atom is 0.160 e. The second-order valence-corrected chi connectivity index (χ2v) is 7.91. The van der Waals surface area contributed by atoms with E-state index in [1.54, 1.807) is 0 Å². The van der Waals surface area contributed by atoms with Crippen LogP contribution < -0.4 is 0 Å². The van der Waals surface area contributed by atoms with E-state index in [-0.39, 0.29) is 5.41 Å². The van der Waals surface area contributed by atoms with Crippen LogP contribution in [-0.4, -0.2) is 9.97 Å². The summed E-state index contributed by atoms with van der Waals surface area (Å²) in [5, 5.41) is 2.23. The fourth-order valence-corrected chi connectivity index (χ4v) is 4.58. The van der Waals surface area contributed by atoms with Gasteiger partial charge in [0.15, 0.2) is 5.82 Å². The number of aromatic nitrogens is 2. The fraction of sp³-hybridized carbons (Fsp3) is 0.120. The quantitative estimate of drug-likeness (QED) is 0.349. The average Bonchev–Trinajstić information content (AvgIpc) is 3.22. The second kappa shape index (κ2) is 5.29. The van der Waals surface area contributed by atoms with Crippen LogP contribution in [-0.2, 0) is 5.41 Å². The number of hydrogen-bond acceptors (Lipinski definition) is 3. The van der Waals surface area contributed by atoms with Crippen molar-refractivity contribution in [2.75, 3.05) is 0 Å². The molecule has 1 aliphatic rings. The van der Waals surface area contributed by atoms with Crippen LogP contribution in [0.2, 0.25) is 0 Å². The van der Waals surface area contributed by atoms with E-state index in [1.807, 2.05) is 42.6 Å². The lowest BCUT2D eigenvalue weighted by Gasteiger charge is -2.21. The van der Waals surface area contributed by atoms with E-state index in [9.17, 15) is 0 Å². The van der Waals surface area contributed by atoms with Crippen LogP contribution in [0.25, 0.3) is 44.6 Å². The topological polar surface area (TPSA) is 38.9 Å². The molecule has 0 saturated heterocycles. The predicted octanol–water partition coefficient (Wildman–Crippen LogP) is 6.35. The van der Waals surface area contributed by atoms with Crippen molar-refractivity contribution in [1.29, 1.82) is 0 Å². The van der Waals surface area contributed by atoms with E-state index in [4.69, 9.17) is 9.40 Å². The Morgan fingerprint density at radius 2 is 1.68 bits per heavy atom. The molecule has 134 valence electrons. The highest BCUT2D eigenvalue weighted by molar-refractivity contribution is 5.98. The lowest BCUT2D eigenvalue weighted by atomic mass is 9.81. The molecule has 0 unspecified atom stereocenters. The lowest BCUT2D eigenvalue weighted by Crippen LogP contribution is -2.14. The average molecular weight is 362 g/mol. The van der Waals surface area contributed by atoms with Crippen LogP contribution >= 0.6 is 0 Å². The van der Waals surface area contributed by atoms with Gasteiger partial charge in [0.1, 0.15) is 11.3 Å². The van der Waals surface area contributed by atoms with Crippen LogP contribution in [0.5, 0.6) is 0 Å². The van der Waals surface area contributed by atoms with Crippen molar-refractivity contribution in [2.45, 2.75) is 19.3 Å². The number of fused-ring (bicyclic) bond motifs is 6. The zero-order valence-electron chi connectivity index (χ0n) is 15.7. The minimum Gasteiger partial charge on any atom is -0.456 e. The highest BCUT2D eigenvalue weighted by Gasteiger charge is 2.41. The SMILES string of the molecule is CC1(C)c2cccc(-c3ncc4ccccc4n3)c2-c2oc3ccccc3c21. The number of rotatable bonds is 1. The summed E-state index contributed by atoms with van der Waals surface area (Å²) in [7, 11) is 0. The van der Waals surface area contributed by atoms with E-state index in [0.29, 0.717) is 0 Å². The summed E-state index contributed by atoms with van der Waals surface area (Å²) < 4.78 is 6.37. The number of benzene rings is 3. The smallest absolute Gasteiger partial charge is 0.160 e. The third kappa shape index (κ3) is 1.93. The fourth-order valence-electron chi connectivity index (χ4n) is 4.58. The van der Waals surface area contributed by atoms with Crippen molar-refractivity contribution in [3.05, 3.63) is 84.1 Å². The number of nitrogens with zero attached hydrogens (tertiary/aromatic N) is 2. The van der Waals surface area contributed by atoms with Crippen LogP contribution in [0.1, 0.15) is 25.0 Å². The van der Waals surface area contributed by atoms with Crippen LogP contribution in [0, 0.1) is 0 Å². The van der Waals surface area contributed by atoms with Crippen LogP contribution in [0.3, 0.4) is 0 Å². The molecule has 5 aromatic rings. The van der Waals surface area contributed by atoms with Crippen molar-refractivity contribution in [1.82, 2.24) is 9.97 Å². The normalized spacial score (nSPS) is 14.4. The number of furan rings is 1. The summed E-state index contributed by atoms with van der Waals surface area (Å²) in [6.45, 7) is 4.54. The summed E-state index contributed by atoms with van der Waals surface area (Å²) in [4.78, 5) is 9.52. The summed E-state index contributed by atoms with van der Waals surface area (Å²) in [5.41, 5.74) is 6.41. The molecule has 0 aliphatic heterocycles. The van der Waals surface area contributed by atoms with Gasteiger partial charge in [-0.3, -0.25) is 0 Å². The van der Waals surface area contributed by atoms with Gasteiger partial charge >= 0.3 is 0 Å². The zero-order valence-corrected chi connectivity index (χ0v) is 15.7. The second-order valence-electron chi connectivity index (χ2n) is 7.91. The molecule has 6 rings (SSSR count). The third-order valence-electron chi connectivity index (χ3n) is 5.92. The molecule has 1 aliphatic carbocycles. The lowest BCUT2D eigenvalue weighted by molar-refractivity contribution is 0.619. The van der Waals surface area contributed by atoms with Crippen molar-refractivity contribution >= 4 is 21.9 Å². The molecule has 0 fully saturated rings. The summed E-state index contributed by atoms with van der Waals surface area (Å²) in [6, 6.07) is 22.8. The molecule has 2 aromatic heterocycles. The summed E-state index contributed by atoms with van der Waals surface area (Å²) in [6.07, 6.45) is 1.90. The Labute approximate surface area is 162 Å². The zero-order chi connectivity index (χ0) is 18.9. The highest BCUT2D eigenvalue weighted by Crippen LogP contribution is 2.55. The van der Waals surface area contributed by atoms with Gasteiger partial charge < -0.3 is 4.42 Å². The van der Waals surface area contributed by atoms with E-state index in [0.717, 1.165) is 39.2 Å². The van der Waals surface area contributed by atoms with Gasteiger partial charge in [-0.1, -0.05) is 68.4 Å². The van der Waals surface area contributed by atoms with Gasteiger partial charge in [-0.2, -0.15) is 0 Å². The van der Waals surface area contributed by atoms with Crippen molar-refractivity contribution in [2.24, 2.45) is 0 Å². The Hall–Kier alpha value is -3.46. The monoisotopic (exact) mass is 362 g/mol. The van der Waals surface area contributed by atoms with Gasteiger partial charge in [0, 0.05) is 39.1 Å². The third-order valence-corrected chi connectivity index (χ3v) is 5.92. The molecule has 0 radical (unpaired) electrons. The Kier molecular flexibility index (Phi) is 2.95. The van der Waals surface area contributed by atoms with E-state index < -0.39 is 0 Å². The minimum absolute atomic E-state index is 0.135. The van der Waals surface area contributed by atoms with Gasteiger partial charge in [0.2, 0.25) is 0 Å². The predicted molar refractivity (Wildman–Crippen MR) is 112 cm³/mol. The Balaban J connectivity index is 1.69. The Bertz CT molecular complexity index is 1390. The highest BCUT2D eigenvalue weighted by atomic mass is 16.3. The van der Waals surface area contributed by atoms with E-state index in [2.05, 4.69) is 49.2 Å². The van der Waals surface area contributed by atoms with Gasteiger partial charge in [-0.25, -0.2) is 9.97 Å². The molecule has 28 heavy (non-hydrogen) atoms. The molecule has 0 N–H and O–H groups in total. The molecule has 0 saturated carbocycles. The van der Waals surface area contributed by atoms with Crippen molar-refractivity contribution in [3.63, 3.8) is 0 Å². The molecule has 3 nitrogen and oxygen atoms in total.